The first-order valence-corrected chi connectivity index (χ1v) is 12.4. The highest BCUT2D eigenvalue weighted by molar-refractivity contribution is 7.91. The summed E-state index contributed by atoms with van der Waals surface area (Å²) in [5.74, 6) is -0.191. The third kappa shape index (κ3) is 5.93. The van der Waals surface area contributed by atoms with Gasteiger partial charge in [-0.05, 0) is 50.1 Å². The first-order valence-electron chi connectivity index (χ1n) is 10.6. The molecule has 4 heterocycles. The van der Waals surface area contributed by atoms with Gasteiger partial charge in [0.2, 0.25) is 5.91 Å². The van der Waals surface area contributed by atoms with E-state index in [9.17, 15) is 26.4 Å². The van der Waals surface area contributed by atoms with Gasteiger partial charge in [-0.1, -0.05) is 5.21 Å². The first-order chi connectivity index (χ1) is 16.4. The van der Waals surface area contributed by atoms with Gasteiger partial charge in [-0.3, -0.25) is 4.79 Å². The third-order valence-electron chi connectivity index (χ3n) is 5.44. The summed E-state index contributed by atoms with van der Waals surface area (Å²) in [4.78, 5) is 20.9. The molecule has 2 N–H and O–H groups in total. The van der Waals surface area contributed by atoms with E-state index in [0.717, 1.165) is 23.9 Å². The van der Waals surface area contributed by atoms with Crippen LogP contribution in [0.3, 0.4) is 0 Å². The molecule has 10 nitrogen and oxygen atoms in total. The maximum atomic E-state index is 13.0. The van der Waals surface area contributed by atoms with Crippen molar-refractivity contribution < 1.29 is 26.4 Å². The van der Waals surface area contributed by atoms with E-state index in [0.29, 0.717) is 17.8 Å². The molecule has 3 aromatic heterocycles. The van der Waals surface area contributed by atoms with Crippen molar-refractivity contribution >= 4 is 27.4 Å². The molecule has 4 rings (SSSR count). The summed E-state index contributed by atoms with van der Waals surface area (Å²) in [6, 6.07) is 3.93. The van der Waals surface area contributed by atoms with Crippen LogP contribution >= 0.6 is 0 Å². The highest BCUT2D eigenvalue weighted by atomic mass is 32.2. The van der Waals surface area contributed by atoms with Crippen LogP contribution in [0.5, 0.6) is 0 Å². The number of carbonyl (C=O) groups is 1. The van der Waals surface area contributed by atoms with Crippen LogP contribution in [-0.2, 0) is 20.8 Å². The number of nitrogens with zero attached hydrogens (tertiary/aromatic N) is 5. The standard InChI is InChI=1S/C21H22F3N7O3S/c1-12-7-16(27-19(8-12)28-18-9-14(3-5-25-18)21(22,23)24)17-10-31(30-29-17)13(2)20(32)26-15-4-6-35(33,34)11-15/h3,5,7-10,13,15H,4,6,11H2,1-2H3,(H,26,32)(H,25,27,28). The number of halogens is 3. The highest BCUT2D eigenvalue weighted by Crippen LogP contribution is 2.30. The number of sulfone groups is 1. The number of rotatable bonds is 6. The normalized spacial score (nSPS) is 18.3. The van der Waals surface area contributed by atoms with E-state index in [1.165, 1.54) is 10.9 Å². The molecule has 0 spiro atoms. The van der Waals surface area contributed by atoms with Crippen molar-refractivity contribution in [3.63, 3.8) is 0 Å². The molecule has 0 saturated carbocycles. The zero-order chi connectivity index (χ0) is 25.4. The quantitative estimate of drug-likeness (QED) is 0.519. The average Bonchev–Trinajstić information content (AvgIpc) is 3.39. The van der Waals surface area contributed by atoms with Crippen molar-refractivity contribution in [1.82, 2.24) is 30.3 Å². The second-order valence-corrected chi connectivity index (χ2v) is 10.6. The zero-order valence-electron chi connectivity index (χ0n) is 18.7. The van der Waals surface area contributed by atoms with Crippen molar-refractivity contribution in [3.05, 3.63) is 47.8 Å². The number of aromatic nitrogens is 5. The van der Waals surface area contributed by atoms with Gasteiger partial charge in [0.1, 0.15) is 23.4 Å². The van der Waals surface area contributed by atoms with Crippen LogP contribution in [0.15, 0.2) is 36.7 Å². The zero-order valence-corrected chi connectivity index (χ0v) is 19.6. The van der Waals surface area contributed by atoms with Crippen LogP contribution < -0.4 is 10.6 Å². The Morgan fingerprint density at radius 3 is 2.66 bits per heavy atom. The number of alkyl halides is 3. The molecule has 186 valence electrons. The molecular weight excluding hydrogens is 487 g/mol. The summed E-state index contributed by atoms with van der Waals surface area (Å²) in [6.07, 6.45) is -1.56. The number of nitrogens with one attached hydrogen (secondary N) is 2. The number of pyridine rings is 2. The molecule has 35 heavy (non-hydrogen) atoms. The number of aryl methyl sites for hydroxylation is 1. The van der Waals surface area contributed by atoms with E-state index in [2.05, 4.69) is 30.9 Å². The summed E-state index contributed by atoms with van der Waals surface area (Å²) in [7, 11) is -3.13. The summed E-state index contributed by atoms with van der Waals surface area (Å²) in [5.41, 5.74) is 0.651. The third-order valence-corrected chi connectivity index (χ3v) is 7.21. The molecule has 3 aromatic rings. The van der Waals surface area contributed by atoms with Crippen molar-refractivity contribution in [2.45, 2.75) is 38.5 Å². The van der Waals surface area contributed by atoms with E-state index in [4.69, 9.17) is 0 Å². The largest absolute Gasteiger partial charge is 0.416 e. The fourth-order valence-electron chi connectivity index (χ4n) is 3.60. The summed E-state index contributed by atoms with van der Waals surface area (Å²) < 4.78 is 63.5. The van der Waals surface area contributed by atoms with E-state index in [-0.39, 0.29) is 23.1 Å². The minimum atomic E-state index is -4.50. The second-order valence-electron chi connectivity index (χ2n) is 8.34. The van der Waals surface area contributed by atoms with E-state index in [1.807, 2.05) is 0 Å². The Morgan fingerprint density at radius 2 is 1.97 bits per heavy atom. The Labute approximate surface area is 198 Å². The second kappa shape index (κ2) is 9.24. The smallest absolute Gasteiger partial charge is 0.350 e. The van der Waals surface area contributed by atoms with E-state index >= 15 is 0 Å². The number of hydrogen-bond acceptors (Lipinski definition) is 8. The monoisotopic (exact) mass is 509 g/mol. The molecule has 0 aliphatic carbocycles. The Bertz CT molecular complexity index is 1360. The van der Waals surface area contributed by atoms with Gasteiger partial charge in [0.05, 0.1) is 29.0 Å². The Morgan fingerprint density at radius 1 is 1.20 bits per heavy atom. The van der Waals surface area contributed by atoms with Crippen LogP contribution in [0.2, 0.25) is 0 Å². The molecule has 0 bridgehead atoms. The van der Waals surface area contributed by atoms with Gasteiger partial charge in [-0.2, -0.15) is 13.2 Å². The maximum Gasteiger partial charge on any atom is 0.416 e. The lowest BCUT2D eigenvalue weighted by molar-refractivity contribution is -0.137. The van der Waals surface area contributed by atoms with Crippen LogP contribution in [-0.4, -0.2) is 56.8 Å². The van der Waals surface area contributed by atoms with Gasteiger partial charge < -0.3 is 10.6 Å². The van der Waals surface area contributed by atoms with Crippen LogP contribution in [0.25, 0.3) is 11.4 Å². The first kappa shape index (κ1) is 24.6. The molecule has 1 aliphatic rings. The Kier molecular flexibility index (Phi) is 6.49. The van der Waals surface area contributed by atoms with Crippen molar-refractivity contribution in [1.29, 1.82) is 0 Å². The fourth-order valence-corrected chi connectivity index (χ4v) is 5.28. The predicted molar refractivity (Wildman–Crippen MR) is 120 cm³/mol. The van der Waals surface area contributed by atoms with Crippen molar-refractivity contribution in [2.75, 3.05) is 16.8 Å². The molecule has 0 radical (unpaired) electrons. The lowest BCUT2D eigenvalue weighted by Gasteiger charge is -2.15. The lowest BCUT2D eigenvalue weighted by atomic mass is 10.2. The molecule has 1 saturated heterocycles. The molecule has 2 unspecified atom stereocenters. The fraction of sp³-hybridized carbons (Fsp3) is 0.381. The molecule has 2 atom stereocenters. The molecule has 1 amide bonds. The minimum absolute atomic E-state index is 0.0215. The molecule has 0 aromatic carbocycles. The molecule has 1 fully saturated rings. The van der Waals surface area contributed by atoms with E-state index < -0.39 is 39.6 Å². The SMILES string of the molecule is Cc1cc(Nc2cc(C(F)(F)F)ccn2)nc(-c2cn(C(C)C(=O)NC3CCS(=O)(=O)C3)nn2)c1. The van der Waals surface area contributed by atoms with Gasteiger partial charge >= 0.3 is 6.18 Å². The molecular formula is C21H22F3N7O3S. The van der Waals surface area contributed by atoms with E-state index in [1.54, 1.807) is 26.0 Å². The van der Waals surface area contributed by atoms with Gasteiger partial charge in [-0.25, -0.2) is 23.1 Å². The highest BCUT2D eigenvalue weighted by Gasteiger charge is 2.31. The molecule has 1 aliphatic heterocycles. The number of anilines is 2. The predicted octanol–water partition coefficient (Wildman–Crippen LogP) is 2.67. The number of hydrogen-bond donors (Lipinski definition) is 2. The van der Waals surface area contributed by atoms with Crippen molar-refractivity contribution in [3.8, 4) is 11.4 Å². The number of amides is 1. The summed E-state index contributed by atoms with van der Waals surface area (Å²) in [5, 5.41) is 13.5. The Hall–Kier alpha value is -3.55. The average molecular weight is 510 g/mol. The van der Waals surface area contributed by atoms with Crippen LogP contribution in [0.1, 0.15) is 30.5 Å². The van der Waals surface area contributed by atoms with Crippen LogP contribution in [0.4, 0.5) is 24.8 Å². The van der Waals surface area contributed by atoms with Gasteiger partial charge in [0.15, 0.2) is 9.84 Å². The van der Waals surface area contributed by atoms with Gasteiger partial charge in [0.25, 0.3) is 0 Å². The Balaban J connectivity index is 1.50. The van der Waals surface area contributed by atoms with Crippen LogP contribution in [0, 0.1) is 6.92 Å². The lowest BCUT2D eigenvalue weighted by Crippen LogP contribution is -2.39. The molecule has 14 heteroatoms. The summed E-state index contributed by atoms with van der Waals surface area (Å²) in [6.45, 7) is 3.39. The topological polar surface area (TPSA) is 132 Å². The summed E-state index contributed by atoms with van der Waals surface area (Å²) >= 11 is 0. The minimum Gasteiger partial charge on any atom is -0.350 e. The van der Waals surface area contributed by atoms with Gasteiger partial charge in [0, 0.05) is 12.2 Å². The van der Waals surface area contributed by atoms with Gasteiger partial charge in [-0.15, -0.1) is 5.10 Å². The number of carbonyl (C=O) groups excluding carboxylic acids is 1. The van der Waals surface area contributed by atoms with Crippen molar-refractivity contribution in [2.24, 2.45) is 0 Å². The maximum absolute atomic E-state index is 13.0.